The highest BCUT2D eigenvalue weighted by Gasteiger charge is 2.34. The van der Waals surface area contributed by atoms with Crippen LogP contribution in [0.15, 0.2) is 24.3 Å². The number of nitrogens with one attached hydrogen (secondary N) is 2. The fourth-order valence-electron chi connectivity index (χ4n) is 4.45. The maximum Gasteiger partial charge on any atom is 0.251 e. The van der Waals surface area contributed by atoms with E-state index in [4.69, 9.17) is 0 Å². The Balaban J connectivity index is 1.54. The van der Waals surface area contributed by atoms with Crippen molar-refractivity contribution >= 4 is 17.7 Å². The molecule has 2 fully saturated rings. The minimum absolute atomic E-state index is 0.00999. The number of amides is 3. The number of rotatable bonds is 4. The van der Waals surface area contributed by atoms with E-state index in [0.29, 0.717) is 31.5 Å². The fourth-order valence-corrected chi connectivity index (χ4v) is 4.45. The molecular weight excluding hydrogens is 397 g/mol. The molecule has 6 nitrogen and oxygen atoms in total. The predicted molar refractivity (Wildman–Crippen MR) is 117 cm³/mol. The van der Waals surface area contributed by atoms with E-state index in [1.54, 1.807) is 0 Å². The summed E-state index contributed by atoms with van der Waals surface area (Å²) < 4.78 is 13.1. The summed E-state index contributed by atoms with van der Waals surface area (Å²) in [5.41, 5.74) is 0.000548. The lowest BCUT2D eigenvalue weighted by atomic mass is 9.88. The Morgan fingerprint density at radius 1 is 0.903 bits per heavy atom. The Morgan fingerprint density at radius 2 is 1.45 bits per heavy atom. The van der Waals surface area contributed by atoms with Gasteiger partial charge in [-0.15, -0.1) is 0 Å². The smallest absolute Gasteiger partial charge is 0.251 e. The van der Waals surface area contributed by atoms with Gasteiger partial charge < -0.3 is 15.5 Å². The first kappa shape index (κ1) is 23.2. The Bertz CT molecular complexity index is 795. The molecule has 31 heavy (non-hydrogen) atoms. The van der Waals surface area contributed by atoms with Gasteiger partial charge in [-0.3, -0.25) is 14.4 Å². The molecule has 2 aliphatic rings. The topological polar surface area (TPSA) is 78.5 Å². The number of benzene rings is 1. The van der Waals surface area contributed by atoms with E-state index in [9.17, 15) is 18.8 Å². The summed E-state index contributed by atoms with van der Waals surface area (Å²) in [5, 5.41) is 6.18. The zero-order valence-electron chi connectivity index (χ0n) is 18.7. The Labute approximate surface area is 183 Å². The van der Waals surface area contributed by atoms with Crippen LogP contribution < -0.4 is 10.6 Å². The maximum absolute atomic E-state index is 13.1. The largest absolute Gasteiger partial charge is 0.351 e. The summed E-state index contributed by atoms with van der Waals surface area (Å²) in [4.78, 5) is 39.8. The van der Waals surface area contributed by atoms with Crippen LogP contribution in [0.25, 0.3) is 0 Å². The second kappa shape index (κ2) is 9.79. The molecule has 7 heteroatoms. The summed E-state index contributed by atoms with van der Waals surface area (Å²) in [6.07, 6.45) is 4.94. The molecule has 170 valence electrons. The lowest BCUT2D eigenvalue weighted by Crippen LogP contribution is -2.55. The molecule has 1 aromatic carbocycles. The van der Waals surface area contributed by atoms with E-state index in [0.717, 1.165) is 25.7 Å². The van der Waals surface area contributed by atoms with Gasteiger partial charge in [0.05, 0.1) is 0 Å². The highest BCUT2D eigenvalue weighted by Crippen LogP contribution is 2.25. The quantitative estimate of drug-likeness (QED) is 0.768. The molecule has 1 aromatic rings. The molecule has 0 spiro atoms. The number of likely N-dealkylation sites (tertiary alicyclic amines) is 1. The van der Waals surface area contributed by atoms with Crippen molar-refractivity contribution in [3.63, 3.8) is 0 Å². The minimum atomic E-state index is -0.410. The fraction of sp³-hybridized carbons (Fsp3) is 0.625. The number of hydrogen-bond donors (Lipinski definition) is 2. The third kappa shape index (κ3) is 6.05. The van der Waals surface area contributed by atoms with Crippen LogP contribution in [0.2, 0.25) is 0 Å². The first-order valence-corrected chi connectivity index (χ1v) is 11.3. The first-order valence-electron chi connectivity index (χ1n) is 11.3. The van der Waals surface area contributed by atoms with Gasteiger partial charge in [-0.25, -0.2) is 4.39 Å². The molecule has 1 aliphatic carbocycles. The highest BCUT2D eigenvalue weighted by atomic mass is 19.1. The zero-order chi connectivity index (χ0) is 22.6. The minimum Gasteiger partial charge on any atom is -0.351 e. The van der Waals surface area contributed by atoms with Gasteiger partial charge in [0.25, 0.3) is 5.91 Å². The van der Waals surface area contributed by atoms with E-state index in [1.807, 2.05) is 25.7 Å². The molecule has 1 saturated carbocycles. The number of piperidine rings is 1. The number of halogens is 1. The van der Waals surface area contributed by atoms with Crippen LogP contribution in [0.4, 0.5) is 4.39 Å². The van der Waals surface area contributed by atoms with Crippen molar-refractivity contribution in [1.29, 1.82) is 0 Å². The third-order valence-corrected chi connectivity index (χ3v) is 6.31. The monoisotopic (exact) mass is 431 g/mol. The van der Waals surface area contributed by atoms with Gasteiger partial charge in [-0.1, -0.05) is 33.6 Å². The molecule has 0 radical (unpaired) electrons. The molecule has 2 N–H and O–H groups in total. The average Bonchev–Trinajstić information content (AvgIpc) is 2.74. The molecule has 3 rings (SSSR count). The van der Waals surface area contributed by atoms with Crippen molar-refractivity contribution in [1.82, 2.24) is 15.5 Å². The van der Waals surface area contributed by atoms with Crippen molar-refractivity contribution in [2.24, 2.45) is 11.3 Å². The molecule has 1 heterocycles. The normalized spacial score (nSPS) is 22.6. The predicted octanol–water partition coefficient (Wildman–Crippen LogP) is 3.27. The van der Waals surface area contributed by atoms with Gasteiger partial charge in [0, 0.05) is 42.1 Å². The second-order valence-electron chi connectivity index (χ2n) is 9.80. The molecule has 0 aromatic heterocycles. The maximum atomic E-state index is 13.1. The van der Waals surface area contributed by atoms with E-state index < -0.39 is 5.41 Å². The van der Waals surface area contributed by atoms with Gasteiger partial charge in [-0.05, 0) is 49.9 Å². The molecule has 0 bridgehead atoms. The van der Waals surface area contributed by atoms with E-state index in [1.165, 1.54) is 24.3 Å². The van der Waals surface area contributed by atoms with Crippen LogP contribution in [0.1, 0.15) is 69.7 Å². The molecule has 1 aliphatic heterocycles. The average molecular weight is 432 g/mol. The number of carbonyl (C=O) groups is 3. The Hall–Kier alpha value is -2.44. The van der Waals surface area contributed by atoms with Gasteiger partial charge >= 0.3 is 0 Å². The molecule has 0 unspecified atom stereocenters. The van der Waals surface area contributed by atoms with Crippen molar-refractivity contribution in [2.75, 3.05) is 13.1 Å². The first-order chi connectivity index (χ1) is 14.6. The zero-order valence-corrected chi connectivity index (χ0v) is 18.7. The van der Waals surface area contributed by atoms with Crippen LogP contribution in [-0.2, 0) is 9.59 Å². The summed E-state index contributed by atoms with van der Waals surface area (Å²) in [7, 11) is 0. The van der Waals surface area contributed by atoms with Gasteiger partial charge in [-0.2, -0.15) is 0 Å². The number of hydrogen-bond acceptors (Lipinski definition) is 3. The summed E-state index contributed by atoms with van der Waals surface area (Å²) in [6.45, 7) is 6.94. The van der Waals surface area contributed by atoms with Crippen LogP contribution in [0, 0.1) is 17.2 Å². The lowest BCUT2D eigenvalue weighted by molar-refractivity contribution is -0.142. The SMILES string of the molecule is CC(C)(C)C(=O)N1CCC(C(=O)N[C@@H]2CCCC[C@H]2NC(=O)c2ccc(F)cc2)CC1. The van der Waals surface area contributed by atoms with Gasteiger partial charge in [0.15, 0.2) is 0 Å². The number of carbonyl (C=O) groups excluding carboxylic acids is 3. The second-order valence-corrected chi connectivity index (χ2v) is 9.80. The summed E-state index contributed by atoms with van der Waals surface area (Å²) in [5.74, 6) is -0.604. The van der Waals surface area contributed by atoms with Crippen molar-refractivity contribution in [3.05, 3.63) is 35.6 Å². The third-order valence-electron chi connectivity index (χ3n) is 6.31. The van der Waals surface area contributed by atoms with Crippen molar-refractivity contribution in [2.45, 2.75) is 71.4 Å². The number of nitrogens with zero attached hydrogens (tertiary/aromatic N) is 1. The van der Waals surface area contributed by atoms with Crippen LogP contribution >= 0.6 is 0 Å². The molecular formula is C24H34FN3O3. The van der Waals surface area contributed by atoms with Gasteiger partial charge in [0.2, 0.25) is 11.8 Å². The van der Waals surface area contributed by atoms with Crippen molar-refractivity contribution in [3.8, 4) is 0 Å². The van der Waals surface area contributed by atoms with E-state index >= 15 is 0 Å². The summed E-state index contributed by atoms with van der Waals surface area (Å²) in [6, 6.07) is 5.22. The molecule has 3 amide bonds. The lowest BCUT2D eigenvalue weighted by Gasteiger charge is -2.37. The standard InChI is InChI=1S/C24H34FN3O3/c1-24(2,3)23(31)28-14-12-17(13-15-28)22(30)27-20-7-5-4-6-19(20)26-21(29)16-8-10-18(25)11-9-16/h8-11,17,19-20H,4-7,12-15H2,1-3H3,(H,26,29)(H,27,30)/t19-,20-/m1/s1. The van der Waals surface area contributed by atoms with Crippen LogP contribution in [-0.4, -0.2) is 47.8 Å². The van der Waals surface area contributed by atoms with E-state index in [-0.39, 0.29) is 41.5 Å². The Kier molecular flexibility index (Phi) is 7.34. The van der Waals surface area contributed by atoms with E-state index in [2.05, 4.69) is 10.6 Å². The Morgan fingerprint density at radius 3 is 2.00 bits per heavy atom. The van der Waals surface area contributed by atoms with Crippen molar-refractivity contribution < 1.29 is 18.8 Å². The summed E-state index contributed by atoms with van der Waals surface area (Å²) >= 11 is 0. The van der Waals surface area contributed by atoms with Crippen LogP contribution in [0.5, 0.6) is 0 Å². The van der Waals surface area contributed by atoms with Gasteiger partial charge in [0.1, 0.15) is 5.82 Å². The molecule has 2 atom stereocenters. The van der Waals surface area contributed by atoms with Crippen LogP contribution in [0.3, 0.4) is 0 Å². The molecule has 1 saturated heterocycles. The highest BCUT2D eigenvalue weighted by molar-refractivity contribution is 5.94.